The van der Waals surface area contributed by atoms with E-state index < -0.39 is 6.10 Å². The molecule has 2 aromatic heterocycles. The average molecular weight is 591 g/mol. The summed E-state index contributed by atoms with van der Waals surface area (Å²) < 4.78 is 12.4. The maximum atomic E-state index is 11.9. The van der Waals surface area contributed by atoms with Crippen LogP contribution in [0.15, 0.2) is 18.2 Å². The summed E-state index contributed by atoms with van der Waals surface area (Å²) in [4.78, 5) is 25.7. The van der Waals surface area contributed by atoms with Crippen molar-refractivity contribution in [2.75, 3.05) is 58.4 Å². The number of benzene rings is 1. The molecule has 40 heavy (non-hydrogen) atoms. The summed E-state index contributed by atoms with van der Waals surface area (Å²) in [6.07, 6.45) is -0.957. The fraction of sp³-hybridized carbons (Fsp3) is 0.481. The zero-order valence-corrected chi connectivity index (χ0v) is 24.7. The second-order valence-electron chi connectivity index (χ2n) is 10.6. The lowest BCUT2D eigenvalue weighted by Gasteiger charge is -2.60. The highest BCUT2D eigenvalue weighted by Gasteiger charge is 2.54. The molecule has 2 N–H and O–H groups in total. The number of halogens is 2. The van der Waals surface area contributed by atoms with E-state index in [0.29, 0.717) is 52.6 Å². The van der Waals surface area contributed by atoms with Crippen molar-refractivity contribution in [2.45, 2.75) is 20.0 Å². The molecule has 2 aliphatic rings. The number of aryl methyl sites for hydroxylation is 1. The third-order valence-electron chi connectivity index (χ3n) is 7.47. The van der Waals surface area contributed by atoms with Crippen LogP contribution in [0, 0.1) is 19.3 Å². The van der Waals surface area contributed by atoms with Gasteiger partial charge in [-0.05, 0) is 39.1 Å². The van der Waals surface area contributed by atoms with Gasteiger partial charge in [-0.25, -0.2) is 14.8 Å². The largest absolute Gasteiger partial charge is 0.491 e. The van der Waals surface area contributed by atoms with Crippen molar-refractivity contribution in [3.8, 4) is 28.5 Å². The van der Waals surface area contributed by atoms with Gasteiger partial charge in [0.05, 0.1) is 23.5 Å². The fourth-order valence-corrected chi connectivity index (χ4v) is 5.88. The van der Waals surface area contributed by atoms with E-state index in [-0.39, 0.29) is 18.1 Å². The average Bonchev–Trinajstić information content (AvgIpc) is 3.13. The molecule has 0 aliphatic carbocycles. The maximum Gasteiger partial charge on any atom is 0.409 e. The number of amides is 1. The van der Waals surface area contributed by atoms with Gasteiger partial charge in [0.25, 0.3) is 0 Å². The maximum absolute atomic E-state index is 11.9. The number of methoxy groups -OCH3 is 1. The van der Waals surface area contributed by atoms with Gasteiger partial charge in [-0.15, -0.1) is 0 Å². The molecule has 2 aliphatic heterocycles. The number of hydrogen-bond acceptors (Lipinski definition) is 9. The summed E-state index contributed by atoms with van der Waals surface area (Å²) in [7, 11) is 5.00. The van der Waals surface area contributed by atoms with Crippen LogP contribution >= 0.6 is 23.2 Å². The summed E-state index contributed by atoms with van der Waals surface area (Å²) >= 11 is 13.1. The van der Waals surface area contributed by atoms with Crippen LogP contribution in [0.5, 0.6) is 5.75 Å². The lowest BCUT2D eigenvalue weighted by atomic mass is 9.73. The van der Waals surface area contributed by atoms with E-state index in [4.69, 9.17) is 42.6 Å². The highest BCUT2D eigenvalue weighted by Crippen LogP contribution is 2.44. The molecule has 0 unspecified atom stereocenters. The van der Waals surface area contributed by atoms with Gasteiger partial charge in [0.2, 0.25) is 0 Å². The number of ether oxygens (including phenoxy) is 2. The van der Waals surface area contributed by atoms with Crippen molar-refractivity contribution >= 4 is 35.1 Å². The van der Waals surface area contributed by atoms with Gasteiger partial charge < -0.3 is 29.7 Å². The topological polar surface area (TPSA) is 118 Å². The van der Waals surface area contributed by atoms with E-state index >= 15 is 0 Å². The van der Waals surface area contributed by atoms with Crippen molar-refractivity contribution in [3.05, 3.63) is 39.5 Å². The molecular formula is C27H33Cl2N7O4. The lowest BCUT2D eigenvalue weighted by molar-refractivity contribution is -0.0153. The van der Waals surface area contributed by atoms with Crippen LogP contribution in [0.3, 0.4) is 0 Å². The third-order valence-corrected chi connectivity index (χ3v) is 8.16. The molecule has 2 fully saturated rings. The van der Waals surface area contributed by atoms with Crippen molar-refractivity contribution in [2.24, 2.45) is 12.5 Å². The summed E-state index contributed by atoms with van der Waals surface area (Å²) in [5.41, 5.74) is 3.84. The van der Waals surface area contributed by atoms with Crippen molar-refractivity contribution in [1.82, 2.24) is 30.0 Å². The molecule has 11 nitrogen and oxygen atoms in total. The number of likely N-dealkylation sites (N-methyl/N-ethyl adjacent to an activating group) is 1. The van der Waals surface area contributed by atoms with Crippen LogP contribution < -0.4 is 15.0 Å². The molecular weight excluding hydrogens is 557 g/mol. The third kappa shape index (κ3) is 5.18. The molecule has 5 rings (SSSR count). The fourth-order valence-electron chi connectivity index (χ4n) is 5.48. The Balaban J connectivity index is 1.52. The molecule has 1 atom stereocenters. The number of aliphatic hydroxyl groups excluding tert-OH is 1. The van der Waals surface area contributed by atoms with Crippen LogP contribution in [0.1, 0.15) is 11.1 Å². The Morgan fingerprint density at radius 2 is 1.90 bits per heavy atom. The Labute approximate surface area is 243 Å². The minimum absolute atomic E-state index is 0.0250. The molecule has 1 aromatic carbocycles. The Bertz CT molecular complexity index is 1430. The highest BCUT2D eigenvalue weighted by molar-refractivity contribution is 6.33. The standard InChI is InChI=1S/C27H33Cl2N7O4/c1-15-21(22-16(2)23(29)33-34(22)4)31-24(19-8-18(6-7-20(19)28)40-10-17(37)9-30-3)32-25(15)35-11-27(12-35)13-36(14-27)26(38)39-5/h6-8,17,30,37H,9-14H2,1-5H3/t17-/m1/s1. The first kappa shape index (κ1) is 28.4. The van der Waals surface area contributed by atoms with Gasteiger partial charge in [-0.1, -0.05) is 23.2 Å². The van der Waals surface area contributed by atoms with Crippen LogP contribution in [-0.4, -0.2) is 95.4 Å². The predicted molar refractivity (Wildman–Crippen MR) is 153 cm³/mol. The number of hydrogen-bond donors (Lipinski definition) is 2. The molecule has 1 spiro atoms. The first-order chi connectivity index (χ1) is 19.1. The summed E-state index contributed by atoms with van der Waals surface area (Å²) in [6.45, 7) is 7.25. The summed E-state index contributed by atoms with van der Waals surface area (Å²) in [5, 5.41) is 18.3. The number of carbonyl (C=O) groups excluding carboxylic acids is 1. The predicted octanol–water partition coefficient (Wildman–Crippen LogP) is 3.32. The normalized spacial score (nSPS) is 16.5. The lowest BCUT2D eigenvalue weighted by Crippen LogP contribution is -2.73. The number of nitrogens with one attached hydrogen (secondary N) is 1. The molecule has 0 saturated carbocycles. The number of aromatic nitrogens is 4. The molecule has 13 heteroatoms. The molecule has 3 aromatic rings. The number of anilines is 1. The quantitative estimate of drug-likeness (QED) is 0.408. The number of nitrogens with zero attached hydrogens (tertiary/aromatic N) is 6. The van der Waals surface area contributed by atoms with Crippen molar-refractivity contribution in [3.63, 3.8) is 0 Å². The smallest absolute Gasteiger partial charge is 0.409 e. The van der Waals surface area contributed by atoms with Gasteiger partial charge >= 0.3 is 6.09 Å². The van der Waals surface area contributed by atoms with Gasteiger partial charge in [0.1, 0.15) is 24.3 Å². The van der Waals surface area contributed by atoms with Crippen molar-refractivity contribution < 1.29 is 19.4 Å². The molecule has 0 bridgehead atoms. The molecule has 4 heterocycles. The molecule has 1 amide bonds. The molecule has 214 valence electrons. The minimum atomic E-state index is -0.657. The van der Waals surface area contributed by atoms with E-state index in [1.165, 1.54) is 7.11 Å². The van der Waals surface area contributed by atoms with E-state index in [2.05, 4.69) is 15.3 Å². The second-order valence-corrected chi connectivity index (χ2v) is 11.3. The highest BCUT2D eigenvalue weighted by atomic mass is 35.5. The Morgan fingerprint density at radius 3 is 2.52 bits per heavy atom. The Morgan fingerprint density at radius 1 is 1.18 bits per heavy atom. The zero-order chi connectivity index (χ0) is 28.8. The molecule has 0 radical (unpaired) electrons. The summed E-state index contributed by atoms with van der Waals surface area (Å²) in [6, 6.07) is 5.27. The Hall–Kier alpha value is -3.12. The van der Waals surface area contributed by atoms with Crippen LogP contribution in [0.2, 0.25) is 10.2 Å². The van der Waals surface area contributed by atoms with Gasteiger partial charge in [0.15, 0.2) is 11.0 Å². The Kier molecular flexibility index (Phi) is 7.84. The first-order valence-corrected chi connectivity index (χ1v) is 13.7. The van der Waals surface area contributed by atoms with E-state index in [9.17, 15) is 9.90 Å². The monoisotopic (exact) mass is 589 g/mol. The van der Waals surface area contributed by atoms with Crippen LogP contribution in [0.25, 0.3) is 22.8 Å². The van der Waals surface area contributed by atoms with Crippen LogP contribution in [0.4, 0.5) is 10.6 Å². The summed E-state index contributed by atoms with van der Waals surface area (Å²) in [5.74, 6) is 1.76. The van der Waals surface area contributed by atoms with Crippen LogP contribution in [-0.2, 0) is 11.8 Å². The second kappa shape index (κ2) is 11.0. The van der Waals surface area contributed by atoms with E-state index in [1.807, 2.05) is 20.9 Å². The number of rotatable bonds is 8. The minimum Gasteiger partial charge on any atom is -0.491 e. The number of aliphatic hydroxyl groups is 1. The first-order valence-electron chi connectivity index (χ1n) is 13.0. The SMILES string of the molecule is CNC[C@@H](O)COc1ccc(Cl)c(-c2nc(-c3c(C)c(Cl)nn3C)c(C)c(N3CC4(CN(C(=O)OC)C4)C3)n2)c1. The van der Waals surface area contributed by atoms with Gasteiger partial charge in [-0.2, -0.15) is 5.10 Å². The number of carbonyl (C=O) groups is 1. The van der Waals surface area contributed by atoms with E-state index in [1.54, 1.807) is 34.8 Å². The number of likely N-dealkylation sites (tertiary alicyclic amines) is 1. The zero-order valence-electron chi connectivity index (χ0n) is 23.2. The van der Waals surface area contributed by atoms with Crippen molar-refractivity contribution in [1.29, 1.82) is 0 Å². The van der Waals surface area contributed by atoms with E-state index in [0.717, 1.165) is 35.7 Å². The molecule has 2 saturated heterocycles. The van der Waals surface area contributed by atoms with Gasteiger partial charge in [0, 0.05) is 61.9 Å². The van der Waals surface area contributed by atoms with Gasteiger partial charge in [-0.3, -0.25) is 4.68 Å².